The summed E-state index contributed by atoms with van der Waals surface area (Å²) in [5.74, 6) is 0. The molecular formula is C68H45NO. The summed E-state index contributed by atoms with van der Waals surface area (Å²) < 4.78 is 7.37. The molecule has 2 heteroatoms. The summed E-state index contributed by atoms with van der Waals surface area (Å²) in [5.41, 5.74) is 20.4. The van der Waals surface area contributed by atoms with Gasteiger partial charge < -0.3 is 9.32 Å². The molecule has 2 aliphatic rings. The summed E-state index contributed by atoms with van der Waals surface area (Å²) in [5, 5.41) is 2.18. The van der Waals surface area contributed by atoms with E-state index in [0.29, 0.717) is 0 Å². The number of rotatable bonds is 8. The van der Waals surface area contributed by atoms with Gasteiger partial charge in [0.1, 0.15) is 11.2 Å². The molecule has 0 aliphatic heterocycles. The van der Waals surface area contributed by atoms with Crippen molar-refractivity contribution in [3.63, 3.8) is 0 Å². The van der Waals surface area contributed by atoms with Crippen LogP contribution in [0.4, 0.5) is 17.1 Å². The average molecular weight is 892 g/mol. The molecule has 0 saturated heterocycles. The summed E-state index contributed by atoms with van der Waals surface area (Å²) in [6.45, 7) is 0. The highest BCUT2D eigenvalue weighted by Crippen LogP contribution is 2.62. The van der Waals surface area contributed by atoms with Crippen molar-refractivity contribution in [2.75, 3.05) is 4.90 Å². The largest absolute Gasteiger partial charge is 0.456 e. The van der Waals surface area contributed by atoms with Gasteiger partial charge in [0, 0.05) is 27.7 Å². The number of benzene rings is 11. The molecule has 0 amide bonds. The third-order valence-electron chi connectivity index (χ3n) is 15.2. The van der Waals surface area contributed by atoms with Crippen LogP contribution in [0.25, 0.3) is 55.3 Å². The molecule has 0 saturated carbocycles. The zero-order chi connectivity index (χ0) is 46.2. The fraction of sp³-hybridized carbons (Fsp3) is 0.0294. The lowest BCUT2D eigenvalue weighted by Gasteiger charge is -2.39. The van der Waals surface area contributed by atoms with Crippen LogP contribution in [0.3, 0.4) is 0 Å². The third-order valence-corrected chi connectivity index (χ3v) is 15.2. The quantitative estimate of drug-likeness (QED) is 0.151. The molecule has 0 atom stereocenters. The smallest absolute Gasteiger partial charge is 0.142 e. The molecule has 0 bridgehead atoms. The van der Waals surface area contributed by atoms with Crippen LogP contribution in [0.2, 0.25) is 0 Å². The summed E-state index contributed by atoms with van der Waals surface area (Å²) >= 11 is 0. The molecule has 1 heterocycles. The maximum Gasteiger partial charge on any atom is 0.142 e. The van der Waals surface area contributed by atoms with Gasteiger partial charge >= 0.3 is 0 Å². The topological polar surface area (TPSA) is 16.4 Å². The van der Waals surface area contributed by atoms with Gasteiger partial charge in [0.05, 0.1) is 16.5 Å². The molecule has 11 aromatic carbocycles. The van der Waals surface area contributed by atoms with Crippen molar-refractivity contribution in [1.82, 2.24) is 0 Å². The lowest BCUT2D eigenvalue weighted by Crippen LogP contribution is -2.31. The Morgan fingerprint density at radius 1 is 0.300 bits per heavy atom. The first kappa shape index (κ1) is 40.1. The standard InChI is InChI=1S/C68H45NO/c1-5-22-46(23-6-1)47-24-21-31-51(44-47)69(52-40-41-56-55-34-13-17-36-59(55)67(62(56)45-52,48-25-7-2-8-26-48)49-27-9-3-10-28-49)63-43-42-58-57-35-16-20-39-64(57)70-66(58)65(63)68(50-29-11-4-12-30-50)60-37-18-14-32-53(60)54-33-15-19-38-61(54)68/h1-45H. The van der Waals surface area contributed by atoms with Gasteiger partial charge in [-0.2, -0.15) is 0 Å². The molecule has 0 N–H and O–H groups in total. The van der Waals surface area contributed by atoms with E-state index in [9.17, 15) is 0 Å². The Labute approximate surface area is 408 Å². The highest BCUT2D eigenvalue weighted by molar-refractivity contribution is 6.10. The van der Waals surface area contributed by atoms with Gasteiger partial charge in [-0.3, -0.25) is 0 Å². The maximum atomic E-state index is 7.37. The van der Waals surface area contributed by atoms with E-state index in [-0.39, 0.29) is 0 Å². The van der Waals surface area contributed by atoms with Crippen LogP contribution in [0.15, 0.2) is 277 Å². The SMILES string of the molecule is c1ccc(-c2cccc(N(c3ccc4c(c3)C(c3ccccc3)(c3ccccc3)c3ccccc3-4)c3ccc4c(oc5ccccc54)c3C3(c4ccccc4)c4ccccc4-c4ccccc43)c2)cc1. The minimum absolute atomic E-state index is 0.595. The fourth-order valence-electron chi connectivity index (χ4n) is 12.4. The second-order valence-corrected chi connectivity index (χ2v) is 18.7. The molecule has 0 spiro atoms. The highest BCUT2D eigenvalue weighted by atomic mass is 16.3. The van der Waals surface area contributed by atoms with E-state index in [2.05, 4.69) is 278 Å². The van der Waals surface area contributed by atoms with E-state index >= 15 is 0 Å². The van der Waals surface area contributed by atoms with Crippen molar-refractivity contribution in [3.8, 4) is 33.4 Å². The number of nitrogens with zero attached hydrogens (tertiary/aromatic N) is 1. The molecule has 0 radical (unpaired) electrons. The third kappa shape index (κ3) is 5.68. The predicted molar refractivity (Wildman–Crippen MR) is 288 cm³/mol. The van der Waals surface area contributed by atoms with Crippen molar-refractivity contribution < 1.29 is 4.42 Å². The first-order chi connectivity index (χ1) is 34.7. The van der Waals surface area contributed by atoms with Crippen LogP contribution in [0.1, 0.15) is 44.5 Å². The molecule has 0 unspecified atom stereocenters. The summed E-state index contributed by atoms with van der Waals surface area (Å²) in [6, 6.07) is 101. The lowest BCUT2D eigenvalue weighted by atomic mass is 9.66. The van der Waals surface area contributed by atoms with Crippen LogP contribution >= 0.6 is 0 Å². The van der Waals surface area contributed by atoms with Crippen LogP contribution < -0.4 is 4.90 Å². The zero-order valence-electron chi connectivity index (χ0n) is 38.3. The summed E-state index contributed by atoms with van der Waals surface area (Å²) in [6.07, 6.45) is 0. The van der Waals surface area contributed by atoms with E-state index in [1.54, 1.807) is 0 Å². The van der Waals surface area contributed by atoms with Crippen molar-refractivity contribution >= 4 is 39.0 Å². The van der Waals surface area contributed by atoms with Crippen LogP contribution in [-0.4, -0.2) is 0 Å². The maximum absolute atomic E-state index is 7.37. The van der Waals surface area contributed by atoms with Gasteiger partial charge in [0.15, 0.2) is 0 Å². The average Bonchev–Trinajstić information content (AvgIpc) is 4.07. The monoisotopic (exact) mass is 891 g/mol. The van der Waals surface area contributed by atoms with Crippen LogP contribution in [0.5, 0.6) is 0 Å². The number of anilines is 3. The molecule has 2 aliphatic carbocycles. The Morgan fingerprint density at radius 2 is 0.771 bits per heavy atom. The van der Waals surface area contributed by atoms with Crippen LogP contribution in [-0.2, 0) is 10.8 Å². The minimum atomic E-state index is -0.794. The Hall–Kier alpha value is -8.98. The van der Waals surface area contributed by atoms with E-state index in [1.165, 1.54) is 61.2 Å². The predicted octanol–water partition coefficient (Wildman–Crippen LogP) is 17.4. The summed E-state index contributed by atoms with van der Waals surface area (Å²) in [4.78, 5) is 2.52. The molecule has 12 aromatic rings. The number of furan rings is 1. The van der Waals surface area contributed by atoms with E-state index in [4.69, 9.17) is 4.42 Å². The van der Waals surface area contributed by atoms with Gasteiger partial charge in [-0.1, -0.05) is 231 Å². The van der Waals surface area contributed by atoms with E-state index in [0.717, 1.165) is 55.7 Å². The molecule has 70 heavy (non-hydrogen) atoms. The number of hydrogen-bond donors (Lipinski definition) is 0. The van der Waals surface area contributed by atoms with Crippen molar-refractivity contribution in [2.24, 2.45) is 0 Å². The van der Waals surface area contributed by atoms with E-state index < -0.39 is 10.8 Å². The Morgan fingerprint density at radius 3 is 1.39 bits per heavy atom. The zero-order valence-corrected chi connectivity index (χ0v) is 38.3. The van der Waals surface area contributed by atoms with Crippen LogP contribution in [0, 0.1) is 0 Å². The second-order valence-electron chi connectivity index (χ2n) is 18.7. The normalized spacial score (nSPS) is 13.7. The van der Waals surface area contributed by atoms with Gasteiger partial charge in [-0.25, -0.2) is 0 Å². The van der Waals surface area contributed by atoms with Crippen molar-refractivity contribution in [2.45, 2.75) is 10.8 Å². The Balaban J connectivity index is 1.15. The van der Waals surface area contributed by atoms with Gasteiger partial charge in [-0.15, -0.1) is 0 Å². The summed E-state index contributed by atoms with van der Waals surface area (Å²) in [7, 11) is 0. The van der Waals surface area contributed by atoms with Gasteiger partial charge in [0.2, 0.25) is 0 Å². The Kier molecular flexibility index (Phi) is 9.06. The molecule has 1 aromatic heterocycles. The van der Waals surface area contributed by atoms with Gasteiger partial charge in [-0.05, 0) is 115 Å². The Bertz CT molecular complexity index is 3860. The lowest BCUT2D eigenvalue weighted by molar-refractivity contribution is 0.648. The second kappa shape index (κ2) is 15.8. The number of hydrogen-bond acceptors (Lipinski definition) is 2. The van der Waals surface area contributed by atoms with Crippen molar-refractivity contribution in [3.05, 3.63) is 317 Å². The fourth-order valence-corrected chi connectivity index (χ4v) is 12.4. The first-order valence-corrected chi connectivity index (χ1v) is 24.3. The highest BCUT2D eigenvalue weighted by Gasteiger charge is 2.50. The molecule has 14 rings (SSSR count). The molecular weight excluding hydrogens is 847 g/mol. The molecule has 2 nitrogen and oxygen atoms in total. The number of fused-ring (bicyclic) bond motifs is 9. The molecule has 0 fully saturated rings. The van der Waals surface area contributed by atoms with Crippen molar-refractivity contribution in [1.29, 1.82) is 0 Å². The van der Waals surface area contributed by atoms with Gasteiger partial charge in [0.25, 0.3) is 0 Å². The minimum Gasteiger partial charge on any atom is -0.456 e. The molecule has 328 valence electrons. The first-order valence-electron chi connectivity index (χ1n) is 24.3. The number of para-hydroxylation sites is 1. The van der Waals surface area contributed by atoms with E-state index in [1.807, 2.05) is 0 Å².